The van der Waals surface area contributed by atoms with Crippen LogP contribution in [0.1, 0.15) is 24.8 Å². The molecule has 104 valence electrons. The number of nitro groups is 1. The first-order chi connectivity index (χ1) is 9.13. The van der Waals surface area contributed by atoms with Gasteiger partial charge in [0.15, 0.2) is 0 Å². The van der Waals surface area contributed by atoms with Gasteiger partial charge in [-0.2, -0.15) is 0 Å². The van der Waals surface area contributed by atoms with Crippen molar-refractivity contribution in [2.24, 2.45) is 11.7 Å². The summed E-state index contributed by atoms with van der Waals surface area (Å²) in [5.41, 5.74) is 6.58. The molecule has 1 aromatic rings. The molecule has 2 N–H and O–H groups in total. The van der Waals surface area contributed by atoms with Crippen molar-refractivity contribution in [2.75, 3.05) is 6.54 Å². The average molecular weight is 329 g/mol. The quantitative estimate of drug-likeness (QED) is 0.665. The van der Waals surface area contributed by atoms with E-state index in [1.807, 2.05) is 6.07 Å². The highest BCUT2D eigenvalue weighted by molar-refractivity contribution is 9.10. The van der Waals surface area contributed by atoms with Crippen molar-refractivity contribution in [3.63, 3.8) is 0 Å². The van der Waals surface area contributed by atoms with Gasteiger partial charge < -0.3 is 10.5 Å². The van der Waals surface area contributed by atoms with Crippen molar-refractivity contribution in [2.45, 2.75) is 32.0 Å². The van der Waals surface area contributed by atoms with Gasteiger partial charge in [0.2, 0.25) is 0 Å². The molecular formula is C13H17BrN2O3. The molecule has 2 rings (SSSR count). The summed E-state index contributed by atoms with van der Waals surface area (Å²) in [6, 6.07) is 4.99. The van der Waals surface area contributed by atoms with Crippen LogP contribution in [0.5, 0.6) is 0 Å². The van der Waals surface area contributed by atoms with E-state index in [-0.39, 0.29) is 11.8 Å². The lowest BCUT2D eigenvalue weighted by Gasteiger charge is -2.19. The van der Waals surface area contributed by atoms with Gasteiger partial charge in [-0.25, -0.2) is 0 Å². The van der Waals surface area contributed by atoms with Crippen LogP contribution in [0, 0.1) is 16.0 Å². The van der Waals surface area contributed by atoms with Crippen LogP contribution in [0.4, 0.5) is 5.69 Å². The summed E-state index contributed by atoms with van der Waals surface area (Å²) in [7, 11) is 0. The van der Waals surface area contributed by atoms with Crippen LogP contribution in [0.25, 0.3) is 0 Å². The van der Waals surface area contributed by atoms with E-state index >= 15 is 0 Å². The number of nitro benzene ring substituents is 1. The van der Waals surface area contributed by atoms with Gasteiger partial charge in [-0.3, -0.25) is 10.1 Å². The minimum absolute atomic E-state index is 0.0721. The summed E-state index contributed by atoms with van der Waals surface area (Å²) < 4.78 is 6.38. The smallest absolute Gasteiger partial charge is 0.283 e. The van der Waals surface area contributed by atoms with Crippen LogP contribution in [0.15, 0.2) is 22.7 Å². The predicted molar refractivity (Wildman–Crippen MR) is 75.8 cm³/mol. The van der Waals surface area contributed by atoms with Crippen LogP contribution in [-0.4, -0.2) is 17.6 Å². The lowest BCUT2D eigenvalue weighted by molar-refractivity contribution is -0.385. The molecule has 0 spiro atoms. The Morgan fingerprint density at radius 1 is 1.47 bits per heavy atom. The van der Waals surface area contributed by atoms with Crippen LogP contribution < -0.4 is 5.73 Å². The third-order valence-electron chi connectivity index (χ3n) is 3.60. The molecule has 0 saturated heterocycles. The number of nitrogens with zero attached hydrogens (tertiary/aromatic N) is 1. The van der Waals surface area contributed by atoms with E-state index in [1.165, 1.54) is 6.07 Å². The average Bonchev–Trinajstić information content (AvgIpc) is 2.84. The standard InChI is InChI=1S/C13H17BrN2O3/c14-13-10(4-1-5-11(13)16(17)18)8-19-12-6-2-3-9(12)7-15/h1,4-5,9,12H,2-3,6-8,15H2. The normalized spacial score (nSPS) is 22.6. The molecular weight excluding hydrogens is 312 g/mol. The predicted octanol–water partition coefficient (Wildman–Crippen LogP) is 3.00. The largest absolute Gasteiger partial charge is 0.373 e. The Balaban J connectivity index is 2.03. The Morgan fingerprint density at radius 3 is 2.95 bits per heavy atom. The molecule has 1 aliphatic rings. The van der Waals surface area contributed by atoms with Gasteiger partial charge >= 0.3 is 0 Å². The first-order valence-corrected chi connectivity index (χ1v) is 7.16. The van der Waals surface area contributed by atoms with Crippen molar-refractivity contribution in [3.05, 3.63) is 38.3 Å². The second-order valence-electron chi connectivity index (χ2n) is 4.78. The summed E-state index contributed by atoms with van der Waals surface area (Å²) in [5, 5.41) is 10.9. The number of hydrogen-bond acceptors (Lipinski definition) is 4. The third-order valence-corrected chi connectivity index (χ3v) is 4.52. The zero-order valence-corrected chi connectivity index (χ0v) is 12.1. The molecule has 5 nitrogen and oxygen atoms in total. The van der Waals surface area contributed by atoms with Gasteiger partial charge in [-0.05, 0) is 46.8 Å². The maximum absolute atomic E-state index is 10.9. The molecule has 1 saturated carbocycles. The molecule has 1 aliphatic carbocycles. The van der Waals surface area contributed by atoms with Crippen LogP contribution in [0.3, 0.4) is 0 Å². The fourth-order valence-corrected chi connectivity index (χ4v) is 3.03. The fourth-order valence-electron chi connectivity index (χ4n) is 2.51. The van der Waals surface area contributed by atoms with E-state index < -0.39 is 4.92 Å². The molecule has 1 aromatic carbocycles. The molecule has 0 aromatic heterocycles. The van der Waals surface area contributed by atoms with E-state index in [0.717, 1.165) is 24.8 Å². The van der Waals surface area contributed by atoms with E-state index in [2.05, 4.69) is 15.9 Å². The van der Waals surface area contributed by atoms with Gasteiger partial charge in [0, 0.05) is 6.07 Å². The number of benzene rings is 1. The zero-order chi connectivity index (χ0) is 13.8. The van der Waals surface area contributed by atoms with Gasteiger partial charge in [0.25, 0.3) is 5.69 Å². The zero-order valence-electron chi connectivity index (χ0n) is 10.5. The molecule has 19 heavy (non-hydrogen) atoms. The molecule has 0 amide bonds. The first-order valence-electron chi connectivity index (χ1n) is 6.37. The summed E-state index contributed by atoms with van der Waals surface area (Å²) in [6.45, 7) is 1.02. The van der Waals surface area contributed by atoms with Crippen LogP contribution in [-0.2, 0) is 11.3 Å². The van der Waals surface area contributed by atoms with Crippen molar-refractivity contribution in [3.8, 4) is 0 Å². The topological polar surface area (TPSA) is 78.4 Å². The Kier molecular flexibility index (Phi) is 4.90. The number of ether oxygens (including phenoxy) is 1. The van der Waals surface area contributed by atoms with Gasteiger partial charge in [-0.1, -0.05) is 18.6 Å². The molecule has 1 fully saturated rings. The highest BCUT2D eigenvalue weighted by atomic mass is 79.9. The molecule has 0 bridgehead atoms. The SMILES string of the molecule is NCC1CCCC1OCc1cccc([N+](=O)[O-])c1Br. The highest BCUT2D eigenvalue weighted by Gasteiger charge is 2.27. The highest BCUT2D eigenvalue weighted by Crippen LogP contribution is 2.31. The fraction of sp³-hybridized carbons (Fsp3) is 0.538. The van der Waals surface area contributed by atoms with Gasteiger partial charge in [0.05, 0.1) is 17.6 Å². The van der Waals surface area contributed by atoms with E-state index in [0.29, 0.717) is 23.5 Å². The molecule has 0 aliphatic heterocycles. The van der Waals surface area contributed by atoms with Crippen LogP contribution in [0.2, 0.25) is 0 Å². The monoisotopic (exact) mass is 328 g/mol. The molecule has 6 heteroatoms. The first kappa shape index (κ1) is 14.4. The lowest BCUT2D eigenvalue weighted by Crippen LogP contribution is -2.25. The van der Waals surface area contributed by atoms with E-state index in [1.54, 1.807) is 6.07 Å². The number of rotatable bonds is 5. The van der Waals surface area contributed by atoms with Crippen molar-refractivity contribution < 1.29 is 9.66 Å². The molecule has 0 heterocycles. The van der Waals surface area contributed by atoms with Crippen molar-refractivity contribution in [1.82, 2.24) is 0 Å². The van der Waals surface area contributed by atoms with Crippen molar-refractivity contribution in [1.29, 1.82) is 0 Å². The number of hydrogen-bond donors (Lipinski definition) is 1. The maximum Gasteiger partial charge on any atom is 0.283 e. The minimum atomic E-state index is -0.397. The Morgan fingerprint density at radius 2 is 2.26 bits per heavy atom. The Bertz CT molecular complexity index is 467. The summed E-state index contributed by atoms with van der Waals surface area (Å²) in [4.78, 5) is 10.5. The van der Waals surface area contributed by atoms with E-state index in [4.69, 9.17) is 10.5 Å². The third kappa shape index (κ3) is 3.32. The minimum Gasteiger partial charge on any atom is -0.373 e. The number of halogens is 1. The maximum atomic E-state index is 10.9. The summed E-state index contributed by atoms with van der Waals surface area (Å²) in [6.07, 6.45) is 3.45. The van der Waals surface area contributed by atoms with Gasteiger partial charge in [0.1, 0.15) is 4.47 Å². The Labute approximate surface area is 120 Å². The molecule has 0 radical (unpaired) electrons. The van der Waals surface area contributed by atoms with Crippen LogP contribution >= 0.6 is 15.9 Å². The summed E-state index contributed by atoms with van der Waals surface area (Å²) >= 11 is 3.28. The van der Waals surface area contributed by atoms with E-state index in [9.17, 15) is 10.1 Å². The van der Waals surface area contributed by atoms with Crippen molar-refractivity contribution >= 4 is 21.6 Å². The molecule has 2 unspecified atom stereocenters. The number of nitrogens with two attached hydrogens (primary N) is 1. The second kappa shape index (κ2) is 6.45. The second-order valence-corrected chi connectivity index (χ2v) is 5.58. The Hall–Kier alpha value is -0.980. The lowest BCUT2D eigenvalue weighted by atomic mass is 10.1. The molecule has 2 atom stereocenters. The summed E-state index contributed by atoms with van der Waals surface area (Å²) in [5.74, 6) is 0.414. The van der Waals surface area contributed by atoms with Gasteiger partial charge in [-0.15, -0.1) is 0 Å².